The molecule has 0 spiro atoms. The van der Waals surface area contributed by atoms with E-state index < -0.39 is 0 Å². The Labute approximate surface area is 107 Å². The van der Waals surface area contributed by atoms with Gasteiger partial charge in [-0.05, 0) is 24.6 Å². The summed E-state index contributed by atoms with van der Waals surface area (Å²) in [5, 5.41) is 2.81. The number of carbonyl (C=O) groups is 1. The second-order valence-corrected chi connectivity index (χ2v) is 3.80. The second kappa shape index (κ2) is 7.55. The summed E-state index contributed by atoms with van der Waals surface area (Å²) in [6, 6.07) is 5.46. The van der Waals surface area contributed by atoms with Crippen LogP contribution in [0.5, 0.6) is 5.75 Å². The average Bonchev–Trinajstić information content (AvgIpc) is 2.37. The molecular formula is C13H20N2O3. The van der Waals surface area contributed by atoms with Gasteiger partial charge in [0.05, 0.1) is 19.4 Å². The van der Waals surface area contributed by atoms with Gasteiger partial charge >= 0.3 is 0 Å². The molecule has 0 heterocycles. The van der Waals surface area contributed by atoms with E-state index in [1.807, 2.05) is 13.0 Å². The first kappa shape index (κ1) is 14.3. The number of ether oxygens (including phenoxy) is 2. The Kier molecular flexibility index (Phi) is 6.00. The van der Waals surface area contributed by atoms with E-state index in [0.717, 1.165) is 5.56 Å². The van der Waals surface area contributed by atoms with Crippen molar-refractivity contribution in [3.63, 3.8) is 0 Å². The fourth-order valence-electron chi connectivity index (χ4n) is 1.49. The van der Waals surface area contributed by atoms with E-state index in [9.17, 15) is 4.79 Å². The minimum Gasteiger partial charge on any atom is -0.495 e. The SMILES string of the molecule is CCOCCC(=O)NCc1ccc(OC)c(N)c1. The number of methoxy groups -OCH3 is 1. The van der Waals surface area contributed by atoms with Gasteiger partial charge in [0.25, 0.3) is 0 Å². The summed E-state index contributed by atoms with van der Waals surface area (Å²) in [6.07, 6.45) is 0.374. The summed E-state index contributed by atoms with van der Waals surface area (Å²) in [6.45, 7) is 3.44. The maximum atomic E-state index is 11.5. The first-order chi connectivity index (χ1) is 8.67. The van der Waals surface area contributed by atoms with Crippen molar-refractivity contribution < 1.29 is 14.3 Å². The Morgan fingerprint density at radius 2 is 2.22 bits per heavy atom. The van der Waals surface area contributed by atoms with E-state index in [1.165, 1.54) is 0 Å². The second-order valence-electron chi connectivity index (χ2n) is 3.80. The molecule has 0 fully saturated rings. The number of hydrogen-bond donors (Lipinski definition) is 2. The number of hydrogen-bond acceptors (Lipinski definition) is 4. The lowest BCUT2D eigenvalue weighted by Crippen LogP contribution is -2.23. The van der Waals surface area contributed by atoms with Crippen molar-refractivity contribution in [3.05, 3.63) is 23.8 Å². The van der Waals surface area contributed by atoms with Gasteiger partial charge in [0.2, 0.25) is 5.91 Å². The molecule has 0 aromatic heterocycles. The molecular weight excluding hydrogens is 232 g/mol. The van der Waals surface area contributed by atoms with E-state index in [4.69, 9.17) is 15.2 Å². The first-order valence-corrected chi connectivity index (χ1v) is 5.94. The van der Waals surface area contributed by atoms with Crippen LogP contribution >= 0.6 is 0 Å². The Balaban J connectivity index is 2.39. The van der Waals surface area contributed by atoms with Crippen LogP contribution in [0.4, 0.5) is 5.69 Å². The largest absolute Gasteiger partial charge is 0.495 e. The number of nitrogens with one attached hydrogen (secondary N) is 1. The number of nitrogens with two attached hydrogens (primary N) is 1. The van der Waals surface area contributed by atoms with Crippen LogP contribution in [0.3, 0.4) is 0 Å². The zero-order valence-corrected chi connectivity index (χ0v) is 10.9. The van der Waals surface area contributed by atoms with Crippen LogP contribution < -0.4 is 15.8 Å². The van der Waals surface area contributed by atoms with Gasteiger partial charge in [0.15, 0.2) is 0 Å². The van der Waals surface area contributed by atoms with Crippen LogP contribution in [-0.2, 0) is 16.1 Å². The number of benzene rings is 1. The molecule has 0 saturated carbocycles. The molecule has 0 aliphatic rings. The highest BCUT2D eigenvalue weighted by atomic mass is 16.5. The molecule has 0 saturated heterocycles. The molecule has 1 aromatic carbocycles. The molecule has 0 aliphatic carbocycles. The van der Waals surface area contributed by atoms with Gasteiger partial charge in [0, 0.05) is 19.6 Å². The van der Waals surface area contributed by atoms with Crippen LogP contribution in [0.1, 0.15) is 18.9 Å². The molecule has 1 aromatic rings. The zero-order valence-electron chi connectivity index (χ0n) is 10.9. The van der Waals surface area contributed by atoms with Gasteiger partial charge < -0.3 is 20.5 Å². The summed E-state index contributed by atoms with van der Waals surface area (Å²) in [4.78, 5) is 11.5. The van der Waals surface area contributed by atoms with Crippen molar-refractivity contribution >= 4 is 11.6 Å². The molecule has 1 rings (SSSR count). The minimum absolute atomic E-state index is 0.0298. The van der Waals surface area contributed by atoms with Gasteiger partial charge in [-0.3, -0.25) is 4.79 Å². The molecule has 5 heteroatoms. The van der Waals surface area contributed by atoms with Crippen molar-refractivity contribution in [2.24, 2.45) is 0 Å². The van der Waals surface area contributed by atoms with E-state index >= 15 is 0 Å². The lowest BCUT2D eigenvalue weighted by Gasteiger charge is -2.08. The normalized spacial score (nSPS) is 10.1. The number of nitrogen functional groups attached to an aromatic ring is 1. The summed E-state index contributed by atoms with van der Waals surface area (Å²) < 4.78 is 10.2. The van der Waals surface area contributed by atoms with E-state index in [2.05, 4.69) is 5.32 Å². The summed E-state index contributed by atoms with van der Waals surface area (Å²) in [5.41, 5.74) is 7.29. The van der Waals surface area contributed by atoms with Crippen molar-refractivity contribution in [2.75, 3.05) is 26.1 Å². The van der Waals surface area contributed by atoms with Crippen molar-refractivity contribution in [3.8, 4) is 5.75 Å². The quantitative estimate of drug-likeness (QED) is 0.567. The Morgan fingerprint density at radius 1 is 1.44 bits per heavy atom. The van der Waals surface area contributed by atoms with Crippen LogP contribution in [0.2, 0.25) is 0 Å². The Morgan fingerprint density at radius 3 is 2.83 bits per heavy atom. The van der Waals surface area contributed by atoms with Crippen LogP contribution in [-0.4, -0.2) is 26.2 Å². The fourth-order valence-corrected chi connectivity index (χ4v) is 1.49. The van der Waals surface area contributed by atoms with Crippen molar-refractivity contribution in [2.45, 2.75) is 19.9 Å². The zero-order chi connectivity index (χ0) is 13.4. The third kappa shape index (κ3) is 4.63. The van der Waals surface area contributed by atoms with Gasteiger partial charge in [-0.2, -0.15) is 0 Å². The highest BCUT2D eigenvalue weighted by Crippen LogP contribution is 2.21. The summed E-state index contributed by atoms with van der Waals surface area (Å²) in [5.74, 6) is 0.610. The molecule has 0 atom stereocenters. The molecule has 0 unspecified atom stereocenters. The van der Waals surface area contributed by atoms with Gasteiger partial charge in [-0.1, -0.05) is 6.07 Å². The van der Waals surface area contributed by atoms with E-state index in [1.54, 1.807) is 19.2 Å². The number of anilines is 1. The monoisotopic (exact) mass is 252 g/mol. The van der Waals surface area contributed by atoms with Gasteiger partial charge in [-0.15, -0.1) is 0 Å². The first-order valence-electron chi connectivity index (χ1n) is 5.94. The molecule has 100 valence electrons. The minimum atomic E-state index is -0.0298. The number of rotatable bonds is 7. The van der Waals surface area contributed by atoms with Crippen molar-refractivity contribution in [1.29, 1.82) is 0 Å². The fraction of sp³-hybridized carbons (Fsp3) is 0.462. The predicted octanol–water partition coefficient (Wildman–Crippen LogP) is 1.32. The maximum absolute atomic E-state index is 11.5. The molecule has 1 amide bonds. The van der Waals surface area contributed by atoms with Gasteiger partial charge in [0.1, 0.15) is 5.75 Å². The molecule has 3 N–H and O–H groups in total. The molecule has 0 radical (unpaired) electrons. The van der Waals surface area contributed by atoms with E-state index in [0.29, 0.717) is 37.6 Å². The van der Waals surface area contributed by atoms with Crippen molar-refractivity contribution in [1.82, 2.24) is 5.32 Å². The standard InChI is InChI=1S/C13H20N2O3/c1-3-18-7-6-13(16)15-9-10-4-5-12(17-2)11(14)8-10/h4-5,8H,3,6-7,9,14H2,1-2H3,(H,15,16). The smallest absolute Gasteiger partial charge is 0.222 e. The maximum Gasteiger partial charge on any atom is 0.222 e. The third-order valence-corrected chi connectivity index (χ3v) is 2.46. The molecule has 0 aliphatic heterocycles. The lowest BCUT2D eigenvalue weighted by molar-refractivity contribution is -0.122. The van der Waals surface area contributed by atoms with Crippen LogP contribution in [0.25, 0.3) is 0 Å². The highest BCUT2D eigenvalue weighted by Gasteiger charge is 2.03. The molecule has 5 nitrogen and oxygen atoms in total. The Hall–Kier alpha value is -1.75. The average molecular weight is 252 g/mol. The molecule has 18 heavy (non-hydrogen) atoms. The molecule has 0 bridgehead atoms. The topological polar surface area (TPSA) is 73.6 Å². The van der Waals surface area contributed by atoms with Crippen LogP contribution in [0.15, 0.2) is 18.2 Å². The predicted molar refractivity (Wildman–Crippen MR) is 70.4 cm³/mol. The van der Waals surface area contributed by atoms with E-state index in [-0.39, 0.29) is 5.91 Å². The highest BCUT2D eigenvalue weighted by molar-refractivity contribution is 5.76. The summed E-state index contributed by atoms with van der Waals surface area (Å²) >= 11 is 0. The Bertz CT molecular complexity index is 394. The van der Waals surface area contributed by atoms with Crippen LogP contribution in [0, 0.1) is 0 Å². The number of carbonyl (C=O) groups excluding carboxylic acids is 1. The number of amides is 1. The third-order valence-electron chi connectivity index (χ3n) is 2.46. The van der Waals surface area contributed by atoms with Gasteiger partial charge in [-0.25, -0.2) is 0 Å². The summed E-state index contributed by atoms with van der Waals surface area (Å²) in [7, 11) is 1.57. The lowest BCUT2D eigenvalue weighted by atomic mass is 10.2.